The number of amides is 1. The molecule has 0 aliphatic rings. The van der Waals surface area contributed by atoms with Gasteiger partial charge in [-0.3, -0.25) is 4.79 Å². The van der Waals surface area contributed by atoms with Gasteiger partial charge in [0.25, 0.3) is 0 Å². The van der Waals surface area contributed by atoms with Crippen LogP contribution in [0.1, 0.15) is 41.0 Å². The quantitative estimate of drug-likeness (QED) is 0.823. The first-order chi connectivity index (χ1) is 10.4. The van der Waals surface area contributed by atoms with Gasteiger partial charge in [0.05, 0.1) is 16.3 Å². The second kappa shape index (κ2) is 6.73. The van der Waals surface area contributed by atoms with Crippen LogP contribution >= 0.6 is 11.8 Å². The maximum absolute atomic E-state index is 12.4. The fourth-order valence-corrected chi connectivity index (χ4v) is 3.17. The molecule has 0 fully saturated rings. The number of benzene rings is 1. The number of hydrogen-bond acceptors (Lipinski definition) is 3. The highest BCUT2D eigenvalue weighted by atomic mass is 32.2. The Morgan fingerprint density at radius 2 is 2.05 bits per heavy atom. The van der Waals surface area contributed by atoms with E-state index >= 15 is 0 Å². The van der Waals surface area contributed by atoms with Crippen LogP contribution in [0.15, 0.2) is 29.4 Å². The van der Waals surface area contributed by atoms with Gasteiger partial charge in [-0.15, -0.1) is 0 Å². The van der Waals surface area contributed by atoms with Gasteiger partial charge in [0, 0.05) is 12.1 Å². The van der Waals surface area contributed by atoms with Crippen LogP contribution in [-0.4, -0.2) is 26.2 Å². The number of nitrogens with zero attached hydrogens (tertiary/aromatic N) is 2. The van der Waals surface area contributed by atoms with Gasteiger partial charge in [0.1, 0.15) is 0 Å². The van der Waals surface area contributed by atoms with Crippen molar-refractivity contribution in [1.29, 1.82) is 0 Å². The van der Waals surface area contributed by atoms with Crippen molar-refractivity contribution in [3.8, 4) is 0 Å². The van der Waals surface area contributed by atoms with E-state index in [2.05, 4.69) is 34.8 Å². The molecule has 1 heterocycles. The Morgan fingerprint density at radius 1 is 1.36 bits per heavy atom. The zero-order valence-electron chi connectivity index (χ0n) is 14.0. The highest BCUT2D eigenvalue weighted by Crippen LogP contribution is 2.27. The topological polar surface area (TPSA) is 46.9 Å². The minimum absolute atomic E-state index is 0.0616. The number of hydrogen-bond donors (Lipinski definition) is 1. The summed E-state index contributed by atoms with van der Waals surface area (Å²) in [4.78, 5) is 17.0. The minimum atomic E-state index is -0.173. The average Bonchev–Trinajstić information content (AvgIpc) is 2.83. The van der Waals surface area contributed by atoms with Gasteiger partial charge in [-0.25, -0.2) is 4.98 Å². The Labute approximate surface area is 136 Å². The standard InChI is InChI=1S/C17H25N3OS/c1-6-17(4,5)19-15(21)12(3)22-16-18-13-10-8-9-11-14(13)20(16)7-2/h8-12H,6-7H2,1-5H3,(H,19,21). The van der Waals surface area contributed by atoms with E-state index in [-0.39, 0.29) is 16.7 Å². The van der Waals surface area contributed by atoms with Crippen LogP contribution in [0, 0.1) is 0 Å². The lowest BCUT2D eigenvalue weighted by molar-refractivity contribution is -0.121. The highest BCUT2D eigenvalue weighted by molar-refractivity contribution is 8.00. The molecule has 5 heteroatoms. The minimum Gasteiger partial charge on any atom is -0.350 e. The third kappa shape index (κ3) is 3.64. The van der Waals surface area contributed by atoms with Crippen molar-refractivity contribution >= 4 is 28.7 Å². The zero-order valence-corrected chi connectivity index (χ0v) is 14.8. The lowest BCUT2D eigenvalue weighted by atomic mass is 10.0. The lowest BCUT2D eigenvalue weighted by Crippen LogP contribution is -2.46. The van der Waals surface area contributed by atoms with Crippen LogP contribution < -0.4 is 5.32 Å². The van der Waals surface area contributed by atoms with Gasteiger partial charge in [-0.2, -0.15) is 0 Å². The molecule has 2 aromatic rings. The van der Waals surface area contributed by atoms with Crippen molar-refractivity contribution in [3.05, 3.63) is 24.3 Å². The molecule has 0 saturated heterocycles. The van der Waals surface area contributed by atoms with Crippen molar-refractivity contribution in [2.75, 3.05) is 0 Å². The highest BCUT2D eigenvalue weighted by Gasteiger charge is 2.24. The van der Waals surface area contributed by atoms with Gasteiger partial charge < -0.3 is 9.88 Å². The van der Waals surface area contributed by atoms with E-state index in [4.69, 9.17) is 0 Å². The third-order valence-corrected chi connectivity index (χ3v) is 5.02. The number of rotatable bonds is 6. The van der Waals surface area contributed by atoms with E-state index in [0.717, 1.165) is 29.2 Å². The molecule has 1 unspecified atom stereocenters. The number of aromatic nitrogens is 2. The Morgan fingerprint density at radius 3 is 2.68 bits per heavy atom. The van der Waals surface area contributed by atoms with E-state index in [9.17, 15) is 4.79 Å². The number of fused-ring (bicyclic) bond motifs is 1. The van der Waals surface area contributed by atoms with Crippen LogP contribution in [0.2, 0.25) is 0 Å². The number of para-hydroxylation sites is 2. The van der Waals surface area contributed by atoms with E-state index in [1.807, 2.05) is 39.0 Å². The first-order valence-corrected chi connectivity index (χ1v) is 8.70. The maximum atomic E-state index is 12.4. The zero-order chi connectivity index (χ0) is 16.3. The van der Waals surface area contributed by atoms with Gasteiger partial charge in [-0.05, 0) is 46.2 Å². The second-order valence-corrected chi connectivity index (χ2v) is 7.42. The predicted molar refractivity (Wildman–Crippen MR) is 93.2 cm³/mol. The van der Waals surface area contributed by atoms with Gasteiger partial charge in [0.2, 0.25) is 5.91 Å². The number of nitrogens with one attached hydrogen (secondary N) is 1. The summed E-state index contributed by atoms with van der Waals surface area (Å²) < 4.78 is 2.16. The fourth-order valence-electron chi connectivity index (χ4n) is 2.18. The summed E-state index contributed by atoms with van der Waals surface area (Å²) in [6.45, 7) is 11.0. The fraction of sp³-hybridized carbons (Fsp3) is 0.529. The molecule has 2 rings (SSSR count). The Bertz CT molecular complexity index is 663. The smallest absolute Gasteiger partial charge is 0.233 e. The second-order valence-electron chi connectivity index (χ2n) is 6.11. The van der Waals surface area contributed by atoms with Gasteiger partial charge in [0.15, 0.2) is 5.16 Å². The molecule has 120 valence electrons. The lowest BCUT2D eigenvalue weighted by Gasteiger charge is -2.26. The summed E-state index contributed by atoms with van der Waals surface area (Å²) in [7, 11) is 0. The first-order valence-electron chi connectivity index (χ1n) is 7.82. The van der Waals surface area contributed by atoms with Crippen LogP contribution in [0.4, 0.5) is 0 Å². The van der Waals surface area contributed by atoms with Crippen molar-refractivity contribution in [2.24, 2.45) is 0 Å². The summed E-state index contributed by atoms with van der Waals surface area (Å²) in [5.41, 5.74) is 1.93. The van der Waals surface area contributed by atoms with Gasteiger partial charge >= 0.3 is 0 Å². The molecule has 0 aliphatic carbocycles. The summed E-state index contributed by atoms with van der Waals surface area (Å²) in [6.07, 6.45) is 0.906. The predicted octanol–water partition coefficient (Wildman–Crippen LogP) is 3.84. The number of carbonyl (C=O) groups excluding carboxylic acids is 1. The Hall–Kier alpha value is -1.49. The average molecular weight is 319 g/mol. The Kier molecular flexibility index (Phi) is 5.16. The molecular formula is C17H25N3OS. The molecule has 0 radical (unpaired) electrons. The number of imidazole rings is 1. The summed E-state index contributed by atoms with van der Waals surface area (Å²) >= 11 is 1.52. The van der Waals surface area contributed by atoms with Gasteiger partial charge in [-0.1, -0.05) is 30.8 Å². The summed E-state index contributed by atoms with van der Waals surface area (Å²) in [5.74, 6) is 0.0616. The normalized spacial score (nSPS) is 13.3. The molecule has 22 heavy (non-hydrogen) atoms. The number of aryl methyl sites for hydroxylation is 1. The maximum Gasteiger partial charge on any atom is 0.233 e. The summed E-state index contributed by atoms with van der Waals surface area (Å²) in [5, 5.41) is 3.83. The molecule has 1 atom stereocenters. The molecular weight excluding hydrogens is 294 g/mol. The molecule has 1 N–H and O–H groups in total. The van der Waals surface area contributed by atoms with E-state index in [0.29, 0.717) is 0 Å². The van der Waals surface area contributed by atoms with Crippen molar-refractivity contribution < 1.29 is 4.79 Å². The molecule has 1 aromatic carbocycles. The largest absolute Gasteiger partial charge is 0.350 e. The van der Waals surface area contributed by atoms with E-state index in [1.54, 1.807) is 0 Å². The molecule has 1 amide bonds. The first kappa shape index (κ1) is 16.9. The number of thioether (sulfide) groups is 1. The van der Waals surface area contributed by atoms with Crippen molar-refractivity contribution in [1.82, 2.24) is 14.9 Å². The van der Waals surface area contributed by atoms with Crippen LogP contribution in [0.5, 0.6) is 0 Å². The van der Waals surface area contributed by atoms with Crippen LogP contribution in [-0.2, 0) is 11.3 Å². The molecule has 0 aliphatic heterocycles. The molecule has 0 saturated carbocycles. The molecule has 0 spiro atoms. The van der Waals surface area contributed by atoms with Crippen LogP contribution in [0.25, 0.3) is 11.0 Å². The third-order valence-electron chi connectivity index (χ3n) is 3.93. The van der Waals surface area contributed by atoms with E-state index in [1.165, 1.54) is 11.8 Å². The van der Waals surface area contributed by atoms with Crippen LogP contribution in [0.3, 0.4) is 0 Å². The SMILES string of the molecule is CCn1c(SC(C)C(=O)NC(C)(C)CC)nc2ccccc21. The molecule has 4 nitrogen and oxygen atoms in total. The van der Waals surface area contributed by atoms with Crippen molar-refractivity contribution in [2.45, 2.75) is 63.5 Å². The summed E-state index contributed by atoms with van der Waals surface area (Å²) in [6, 6.07) is 8.09. The molecule has 0 bridgehead atoms. The molecule has 1 aromatic heterocycles. The van der Waals surface area contributed by atoms with Crippen molar-refractivity contribution in [3.63, 3.8) is 0 Å². The Balaban J connectivity index is 2.18. The number of carbonyl (C=O) groups is 1. The monoisotopic (exact) mass is 319 g/mol. The van der Waals surface area contributed by atoms with E-state index < -0.39 is 0 Å².